The molecule has 2 aromatic carbocycles. The lowest BCUT2D eigenvalue weighted by atomic mass is 9.60. The topological polar surface area (TPSA) is 40.5 Å². The monoisotopic (exact) mass is 240 g/mol. The molecule has 0 bridgehead atoms. The summed E-state index contributed by atoms with van der Waals surface area (Å²) in [6.07, 6.45) is 3.20. The van der Waals surface area contributed by atoms with Crippen molar-refractivity contribution in [2.75, 3.05) is 0 Å². The minimum absolute atomic E-state index is 0.121. The zero-order valence-corrected chi connectivity index (χ0v) is 10.1. The van der Waals surface area contributed by atoms with E-state index >= 15 is 0 Å². The van der Waals surface area contributed by atoms with Gasteiger partial charge in [-0.3, -0.25) is 0 Å². The molecule has 0 unspecified atom stereocenters. The van der Waals surface area contributed by atoms with Crippen LogP contribution in [0.2, 0.25) is 0 Å². The minimum atomic E-state index is -0.121. The summed E-state index contributed by atoms with van der Waals surface area (Å²) in [7, 11) is 0. The zero-order valence-electron chi connectivity index (χ0n) is 10.1. The van der Waals surface area contributed by atoms with Crippen LogP contribution in [0.25, 0.3) is 0 Å². The SMILES string of the molecule is Oc1ccc(O)c(C2(c3ccccc3)CCC2)c1. The first kappa shape index (κ1) is 11.1. The summed E-state index contributed by atoms with van der Waals surface area (Å²) in [4.78, 5) is 0. The van der Waals surface area contributed by atoms with Crippen molar-refractivity contribution in [3.63, 3.8) is 0 Å². The third kappa shape index (κ3) is 1.57. The molecule has 0 radical (unpaired) electrons. The summed E-state index contributed by atoms with van der Waals surface area (Å²) >= 11 is 0. The van der Waals surface area contributed by atoms with Gasteiger partial charge in [0.2, 0.25) is 0 Å². The molecule has 0 aliphatic heterocycles. The number of benzene rings is 2. The molecule has 2 heteroatoms. The highest BCUT2D eigenvalue weighted by Gasteiger charge is 2.42. The van der Waals surface area contributed by atoms with Crippen molar-refractivity contribution in [1.29, 1.82) is 0 Å². The van der Waals surface area contributed by atoms with Gasteiger partial charge in [-0.05, 0) is 36.6 Å². The number of aromatic hydroxyl groups is 2. The highest BCUT2D eigenvalue weighted by Crippen LogP contribution is 2.52. The summed E-state index contributed by atoms with van der Waals surface area (Å²) in [5.41, 5.74) is 1.95. The fourth-order valence-corrected chi connectivity index (χ4v) is 2.91. The molecule has 1 fully saturated rings. The van der Waals surface area contributed by atoms with E-state index < -0.39 is 0 Å². The van der Waals surface area contributed by atoms with Crippen LogP contribution in [0.3, 0.4) is 0 Å². The Hall–Kier alpha value is -1.96. The van der Waals surface area contributed by atoms with Crippen LogP contribution in [0.4, 0.5) is 0 Å². The van der Waals surface area contributed by atoms with Crippen LogP contribution in [0.1, 0.15) is 30.4 Å². The molecule has 0 atom stereocenters. The first-order valence-electron chi connectivity index (χ1n) is 6.30. The van der Waals surface area contributed by atoms with E-state index in [-0.39, 0.29) is 16.9 Å². The van der Waals surface area contributed by atoms with E-state index in [1.54, 1.807) is 12.1 Å². The summed E-state index contributed by atoms with van der Waals surface area (Å²) in [6, 6.07) is 15.0. The average molecular weight is 240 g/mol. The maximum Gasteiger partial charge on any atom is 0.119 e. The Balaban J connectivity index is 2.15. The van der Waals surface area contributed by atoms with Gasteiger partial charge < -0.3 is 10.2 Å². The van der Waals surface area contributed by atoms with Crippen LogP contribution >= 0.6 is 0 Å². The second-order valence-corrected chi connectivity index (χ2v) is 5.00. The predicted octanol–water partition coefficient (Wildman–Crippen LogP) is 3.57. The van der Waals surface area contributed by atoms with Crippen LogP contribution in [0.5, 0.6) is 11.5 Å². The van der Waals surface area contributed by atoms with E-state index in [9.17, 15) is 10.2 Å². The second kappa shape index (κ2) is 4.05. The lowest BCUT2D eigenvalue weighted by Gasteiger charge is -2.43. The molecule has 1 aliphatic carbocycles. The van der Waals surface area contributed by atoms with Gasteiger partial charge in [-0.1, -0.05) is 36.8 Å². The van der Waals surface area contributed by atoms with Gasteiger partial charge in [-0.15, -0.1) is 0 Å². The fraction of sp³-hybridized carbons (Fsp3) is 0.250. The minimum Gasteiger partial charge on any atom is -0.508 e. The van der Waals surface area contributed by atoms with E-state index in [0.717, 1.165) is 24.8 Å². The zero-order chi connectivity index (χ0) is 12.6. The molecule has 0 heterocycles. The smallest absolute Gasteiger partial charge is 0.119 e. The molecular weight excluding hydrogens is 224 g/mol. The molecule has 2 nitrogen and oxygen atoms in total. The van der Waals surface area contributed by atoms with Crippen molar-refractivity contribution < 1.29 is 10.2 Å². The number of phenols is 2. The van der Waals surface area contributed by atoms with Gasteiger partial charge >= 0.3 is 0 Å². The Bertz CT molecular complexity index is 557. The average Bonchev–Trinajstić information content (AvgIpc) is 2.34. The fourth-order valence-electron chi connectivity index (χ4n) is 2.91. The Labute approximate surface area is 107 Å². The molecule has 1 saturated carbocycles. The molecule has 3 rings (SSSR count). The maximum absolute atomic E-state index is 10.1. The molecule has 18 heavy (non-hydrogen) atoms. The first-order chi connectivity index (χ1) is 8.72. The molecule has 92 valence electrons. The maximum atomic E-state index is 10.1. The predicted molar refractivity (Wildman–Crippen MR) is 70.8 cm³/mol. The van der Waals surface area contributed by atoms with Crippen LogP contribution in [-0.4, -0.2) is 10.2 Å². The molecule has 0 spiro atoms. The van der Waals surface area contributed by atoms with E-state index in [2.05, 4.69) is 12.1 Å². The van der Waals surface area contributed by atoms with Crippen molar-refractivity contribution in [1.82, 2.24) is 0 Å². The molecule has 2 aromatic rings. The standard InChI is InChI=1S/C16H16O2/c17-13-7-8-15(18)14(11-13)16(9-4-10-16)12-5-2-1-3-6-12/h1-3,5-8,11,17-18H,4,9-10H2. The van der Waals surface area contributed by atoms with Crippen LogP contribution in [-0.2, 0) is 5.41 Å². The summed E-state index contributed by atoms with van der Waals surface area (Å²) in [5, 5.41) is 19.7. The number of hydrogen-bond acceptors (Lipinski definition) is 2. The third-order valence-electron chi connectivity index (χ3n) is 4.03. The van der Waals surface area contributed by atoms with Crippen LogP contribution in [0, 0.1) is 0 Å². The normalized spacial score (nSPS) is 17.1. The Morgan fingerprint density at radius 1 is 0.889 bits per heavy atom. The van der Waals surface area contributed by atoms with Crippen molar-refractivity contribution in [2.45, 2.75) is 24.7 Å². The molecule has 0 aromatic heterocycles. The van der Waals surface area contributed by atoms with Crippen LogP contribution < -0.4 is 0 Å². The Morgan fingerprint density at radius 3 is 2.22 bits per heavy atom. The number of rotatable bonds is 2. The highest BCUT2D eigenvalue weighted by atomic mass is 16.3. The van der Waals surface area contributed by atoms with Gasteiger partial charge in [0.05, 0.1) is 0 Å². The van der Waals surface area contributed by atoms with Gasteiger partial charge in [-0.25, -0.2) is 0 Å². The summed E-state index contributed by atoms with van der Waals surface area (Å²) in [6.45, 7) is 0. The third-order valence-corrected chi connectivity index (χ3v) is 4.03. The molecule has 0 amide bonds. The van der Waals surface area contributed by atoms with Gasteiger partial charge in [0.15, 0.2) is 0 Å². The molecule has 1 aliphatic rings. The van der Waals surface area contributed by atoms with Crippen molar-refractivity contribution in [2.24, 2.45) is 0 Å². The first-order valence-corrected chi connectivity index (χ1v) is 6.30. The summed E-state index contributed by atoms with van der Waals surface area (Å²) in [5.74, 6) is 0.487. The second-order valence-electron chi connectivity index (χ2n) is 5.00. The number of hydrogen-bond donors (Lipinski definition) is 2. The van der Waals surface area contributed by atoms with Crippen LogP contribution in [0.15, 0.2) is 48.5 Å². The van der Waals surface area contributed by atoms with Crippen molar-refractivity contribution in [3.05, 3.63) is 59.7 Å². The van der Waals surface area contributed by atoms with E-state index in [4.69, 9.17) is 0 Å². The van der Waals surface area contributed by atoms with Gasteiger partial charge in [0.1, 0.15) is 11.5 Å². The lowest BCUT2D eigenvalue weighted by molar-refractivity contribution is 0.289. The van der Waals surface area contributed by atoms with E-state index in [1.165, 1.54) is 11.6 Å². The van der Waals surface area contributed by atoms with Gasteiger partial charge in [0.25, 0.3) is 0 Å². The molecular formula is C16H16O2. The van der Waals surface area contributed by atoms with Crippen molar-refractivity contribution >= 4 is 0 Å². The van der Waals surface area contributed by atoms with E-state index in [1.807, 2.05) is 18.2 Å². The Morgan fingerprint density at radius 2 is 1.61 bits per heavy atom. The molecule has 0 saturated heterocycles. The van der Waals surface area contributed by atoms with Gasteiger partial charge in [-0.2, -0.15) is 0 Å². The quantitative estimate of drug-likeness (QED) is 0.788. The lowest BCUT2D eigenvalue weighted by Crippen LogP contribution is -2.35. The highest BCUT2D eigenvalue weighted by molar-refractivity contribution is 5.51. The summed E-state index contributed by atoms with van der Waals surface area (Å²) < 4.78 is 0. The number of phenolic OH excluding ortho intramolecular Hbond substituents is 2. The molecule has 2 N–H and O–H groups in total. The van der Waals surface area contributed by atoms with Crippen molar-refractivity contribution in [3.8, 4) is 11.5 Å². The Kier molecular flexibility index (Phi) is 2.51. The largest absolute Gasteiger partial charge is 0.508 e. The van der Waals surface area contributed by atoms with Gasteiger partial charge in [0, 0.05) is 11.0 Å². The van der Waals surface area contributed by atoms with E-state index in [0.29, 0.717) is 0 Å².